The lowest BCUT2D eigenvalue weighted by Gasteiger charge is -2.19. The summed E-state index contributed by atoms with van der Waals surface area (Å²) in [6.45, 7) is 6.62. The zero-order valence-electron chi connectivity index (χ0n) is 8.89. The fourth-order valence-electron chi connectivity index (χ4n) is 1.63. The molecule has 76 valence electrons. The van der Waals surface area contributed by atoms with E-state index >= 15 is 0 Å². The van der Waals surface area contributed by atoms with Gasteiger partial charge in [0, 0.05) is 0 Å². The summed E-state index contributed by atoms with van der Waals surface area (Å²) in [4.78, 5) is 0. The number of nitrogens with one attached hydrogen (secondary N) is 2. The van der Waals surface area contributed by atoms with Gasteiger partial charge < -0.3 is 10.6 Å². The number of fused-ring (bicyclic) bond motifs is 1. The van der Waals surface area contributed by atoms with Crippen molar-refractivity contribution in [3.63, 3.8) is 0 Å². The van der Waals surface area contributed by atoms with E-state index < -0.39 is 0 Å². The van der Waals surface area contributed by atoms with Crippen molar-refractivity contribution in [3.8, 4) is 0 Å². The van der Waals surface area contributed by atoms with Crippen LogP contribution in [0.15, 0.2) is 18.2 Å². The number of rotatable bonds is 0. The molecule has 0 aliphatic carbocycles. The van der Waals surface area contributed by atoms with Crippen molar-refractivity contribution in [1.82, 2.24) is 0 Å². The fourth-order valence-corrected chi connectivity index (χ4v) is 1.63. The van der Waals surface area contributed by atoms with Crippen LogP contribution in [0.2, 0.25) is 0 Å². The van der Waals surface area contributed by atoms with Crippen molar-refractivity contribution in [2.45, 2.75) is 32.5 Å². The van der Waals surface area contributed by atoms with Crippen LogP contribution in [-0.4, -0.2) is 6.29 Å². The zero-order chi connectivity index (χ0) is 10.3. The summed E-state index contributed by atoms with van der Waals surface area (Å²) in [6.07, 6.45) is -0.153. The molecule has 1 aliphatic rings. The van der Waals surface area contributed by atoms with E-state index in [4.69, 9.17) is 5.73 Å². The Morgan fingerprint density at radius 2 is 1.79 bits per heavy atom. The standard InChI is InChI=1S/C11H17N3/c1-11(2,3)7-4-5-8-9(6-7)14-10(12)13-8/h4-6,10,13-14H,12H2,1-3H3. The maximum Gasteiger partial charge on any atom is 0.150 e. The minimum absolute atomic E-state index is 0.153. The summed E-state index contributed by atoms with van der Waals surface area (Å²) in [7, 11) is 0. The van der Waals surface area contributed by atoms with E-state index in [1.807, 2.05) is 0 Å². The molecule has 1 aromatic rings. The lowest BCUT2D eigenvalue weighted by atomic mass is 9.87. The third kappa shape index (κ3) is 1.55. The van der Waals surface area contributed by atoms with Gasteiger partial charge in [0.05, 0.1) is 11.4 Å². The highest BCUT2D eigenvalue weighted by atomic mass is 15.3. The molecule has 0 saturated carbocycles. The first-order chi connectivity index (χ1) is 6.47. The Bertz CT molecular complexity index is 352. The van der Waals surface area contributed by atoms with E-state index in [0.29, 0.717) is 0 Å². The fraction of sp³-hybridized carbons (Fsp3) is 0.455. The second-order valence-corrected chi connectivity index (χ2v) is 4.78. The summed E-state index contributed by atoms with van der Waals surface area (Å²) in [5, 5.41) is 6.32. The van der Waals surface area contributed by atoms with Gasteiger partial charge in [-0.25, -0.2) is 0 Å². The molecule has 2 rings (SSSR count). The van der Waals surface area contributed by atoms with Gasteiger partial charge in [-0.1, -0.05) is 26.8 Å². The van der Waals surface area contributed by atoms with Crippen molar-refractivity contribution < 1.29 is 0 Å². The summed E-state index contributed by atoms with van der Waals surface area (Å²) in [5.41, 5.74) is 9.42. The molecule has 1 unspecified atom stereocenters. The van der Waals surface area contributed by atoms with Gasteiger partial charge in [0.2, 0.25) is 0 Å². The maximum atomic E-state index is 5.72. The average Bonchev–Trinajstić information content (AvgIpc) is 2.41. The molecule has 0 aromatic heterocycles. The minimum atomic E-state index is -0.153. The van der Waals surface area contributed by atoms with Crippen LogP contribution in [0.25, 0.3) is 0 Å². The molecule has 3 heteroatoms. The van der Waals surface area contributed by atoms with Crippen LogP contribution in [0.5, 0.6) is 0 Å². The van der Waals surface area contributed by atoms with Crippen molar-refractivity contribution in [1.29, 1.82) is 0 Å². The molecule has 0 bridgehead atoms. The number of benzene rings is 1. The zero-order valence-corrected chi connectivity index (χ0v) is 8.89. The first-order valence-corrected chi connectivity index (χ1v) is 4.90. The van der Waals surface area contributed by atoms with E-state index in [1.54, 1.807) is 0 Å². The van der Waals surface area contributed by atoms with Crippen LogP contribution in [0.1, 0.15) is 26.3 Å². The molecule has 14 heavy (non-hydrogen) atoms. The Labute approximate surface area is 84.7 Å². The summed E-state index contributed by atoms with van der Waals surface area (Å²) in [6, 6.07) is 6.39. The molecule has 3 nitrogen and oxygen atoms in total. The number of hydrogen-bond acceptors (Lipinski definition) is 3. The molecule has 1 aromatic carbocycles. The topological polar surface area (TPSA) is 50.1 Å². The van der Waals surface area contributed by atoms with Crippen molar-refractivity contribution in [3.05, 3.63) is 23.8 Å². The van der Waals surface area contributed by atoms with E-state index in [1.165, 1.54) is 5.56 Å². The van der Waals surface area contributed by atoms with E-state index in [0.717, 1.165) is 11.4 Å². The first kappa shape index (κ1) is 9.34. The van der Waals surface area contributed by atoms with Gasteiger partial charge >= 0.3 is 0 Å². The van der Waals surface area contributed by atoms with Crippen LogP contribution < -0.4 is 16.4 Å². The molecule has 0 spiro atoms. The lowest BCUT2D eigenvalue weighted by Crippen LogP contribution is -2.31. The van der Waals surface area contributed by atoms with E-state index in [-0.39, 0.29) is 11.7 Å². The third-order valence-electron chi connectivity index (χ3n) is 2.51. The summed E-state index contributed by atoms with van der Waals surface area (Å²) >= 11 is 0. The Hall–Kier alpha value is -1.22. The Morgan fingerprint density at radius 3 is 2.43 bits per heavy atom. The van der Waals surface area contributed by atoms with E-state index in [2.05, 4.69) is 49.6 Å². The summed E-state index contributed by atoms with van der Waals surface area (Å²) < 4.78 is 0. The molecule has 0 radical (unpaired) electrons. The van der Waals surface area contributed by atoms with Crippen molar-refractivity contribution in [2.24, 2.45) is 5.73 Å². The van der Waals surface area contributed by atoms with Gasteiger partial charge in [0.25, 0.3) is 0 Å². The van der Waals surface area contributed by atoms with Crippen LogP contribution >= 0.6 is 0 Å². The SMILES string of the molecule is CC(C)(C)c1ccc2c(c1)NC(N)N2. The van der Waals surface area contributed by atoms with Gasteiger partial charge in [0.1, 0.15) is 0 Å². The molecule has 1 atom stereocenters. The van der Waals surface area contributed by atoms with Crippen LogP contribution in [-0.2, 0) is 5.41 Å². The maximum absolute atomic E-state index is 5.72. The summed E-state index contributed by atoms with van der Waals surface area (Å²) in [5.74, 6) is 0. The molecule has 4 N–H and O–H groups in total. The molecular weight excluding hydrogens is 174 g/mol. The quantitative estimate of drug-likeness (QED) is 0.588. The van der Waals surface area contributed by atoms with Gasteiger partial charge in [0.15, 0.2) is 6.29 Å². The minimum Gasteiger partial charge on any atom is -0.352 e. The molecule has 0 amide bonds. The number of hydrogen-bond donors (Lipinski definition) is 3. The van der Waals surface area contributed by atoms with Crippen molar-refractivity contribution in [2.75, 3.05) is 10.6 Å². The highest BCUT2D eigenvalue weighted by molar-refractivity contribution is 5.75. The van der Waals surface area contributed by atoms with Crippen molar-refractivity contribution >= 4 is 11.4 Å². The largest absolute Gasteiger partial charge is 0.352 e. The molecule has 0 saturated heterocycles. The Balaban J connectivity index is 2.38. The van der Waals surface area contributed by atoms with Gasteiger partial charge in [-0.05, 0) is 23.1 Å². The highest BCUT2D eigenvalue weighted by Gasteiger charge is 2.19. The smallest absolute Gasteiger partial charge is 0.150 e. The van der Waals surface area contributed by atoms with Crippen LogP contribution in [0, 0.1) is 0 Å². The average molecular weight is 191 g/mol. The predicted octanol–water partition coefficient (Wildman–Crippen LogP) is 2.06. The molecule has 1 heterocycles. The Kier molecular flexibility index (Phi) is 1.93. The third-order valence-corrected chi connectivity index (χ3v) is 2.51. The first-order valence-electron chi connectivity index (χ1n) is 4.90. The van der Waals surface area contributed by atoms with Crippen LogP contribution in [0.4, 0.5) is 11.4 Å². The van der Waals surface area contributed by atoms with Gasteiger partial charge in [-0.15, -0.1) is 0 Å². The monoisotopic (exact) mass is 191 g/mol. The Morgan fingerprint density at radius 1 is 1.14 bits per heavy atom. The molecule has 1 aliphatic heterocycles. The lowest BCUT2D eigenvalue weighted by molar-refractivity contribution is 0.590. The number of nitrogens with two attached hydrogens (primary N) is 1. The second-order valence-electron chi connectivity index (χ2n) is 4.78. The van der Waals surface area contributed by atoms with Gasteiger partial charge in [-0.2, -0.15) is 0 Å². The van der Waals surface area contributed by atoms with Gasteiger partial charge in [-0.3, -0.25) is 5.73 Å². The van der Waals surface area contributed by atoms with Crippen LogP contribution in [0.3, 0.4) is 0 Å². The number of anilines is 2. The second kappa shape index (κ2) is 2.89. The molecule has 0 fully saturated rings. The normalized spacial score (nSPS) is 19.9. The highest BCUT2D eigenvalue weighted by Crippen LogP contribution is 2.32. The predicted molar refractivity (Wildman–Crippen MR) is 60.4 cm³/mol. The van der Waals surface area contributed by atoms with E-state index in [9.17, 15) is 0 Å². The molecular formula is C11H17N3.